The van der Waals surface area contributed by atoms with Gasteiger partial charge in [0.05, 0.1) is 18.8 Å². The molecule has 2 unspecified atom stereocenters. The van der Waals surface area contributed by atoms with Gasteiger partial charge in [0.1, 0.15) is 17.4 Å². The lowest BCUT2D eigenvalue weighted by molar-refractivity contribution is -0.184. The van der Waals surface area contributed by atoms with Crippen molar-refractivity contribution < 1.29 is 44.3 Å². The van der Waals surface area contributed by atoms with E-state index in [1.807, 2.05) is 19.0 Å². The van der Waals surface area contributed by atoms with Gasteiger partial charge in [-0.15, -0.1) is 0 Å². The first kappa shape index (κ1) is 31.4. The van der Waals surface area contributed by atoms with Crippen LogP contribution in [0.3, 0.4) is 0 Å². The number of aromatic hydroxyl groups is 1. The SMILES string of the molecule is COC(=O)CCCNCc1cc(N(C)C)c2c(c1O)C(O)=C1C(=O)[C@@]3(O)C(=O)C(C(N)=O)C(O)[C@H](N(C)C)[C@H]3C[C@H]1C2. The summed E-state index contributed by atoms with van der Waals surface area (Å²) in [5.74, 6) is -8.07. The van der Waals surface area contributed by atoms with E-state index in [0.717, 1.165) is 0 Å². The predicted molar refractivity (Wildman–Crippen MR) is 151 cm³/mol. The first-order valence-corrected chi connectivity index (χ1v) is 13.9. The molecule has 2 saturated carbocycles. The zero-order valence-corrected chi connectivity index (χ0v) is 24.5. The number of nitrogens with two attached hydrogens (primary N) is 1. The van der Waals surface area contributed by atoms with E-state index in [2.05, 4.69) is 10.1 Å². The lowest BCUT2D eigenvalue weighted by Gasteiger charge is -2.53. The van der Waals surface area contributed by atoms with E-state index in [-0.39, 0.29) is 48.7 Å². The lowest BCUT2D eigenvalue weighted by Crippen LogP contribution is -2.73. The molecular weight excluding hydrogens is 548 g/mol. The van der Waals surface area contributed by atoms with Gasteiger partial charge in [0.2, 0.25) is 11.7 Å². The second-order valence-corrected chi connectivity index (χ2v) is 11.8. The molecule has 4 rings (SSSR count). The number of hydrogen-bond donors (Lipinski definition) is 6. The topological polar surface area (TPSA) is 203 Å². The molecule has 1 amide bonds. The highest BCUT2D eigenvalue weighted by Gasteiger charge is 2.67. The standard InChI is InChI=1S/C29H40N4O9/c1-32(2)17-11-14(12-31-8-6-7-18(34)42-5)23(35)20-15(17)9-13-10-16-22(33(3)4)25(37)21(28(30)40)27(39)29(16,41)26(38)19(13)24(20)36/h11,13,16,21-22,25,31,35-37,41H,6-10,12H2,1-5H3,(H2,30,40)/t13-,16-,21?,22-,25?,29-/m1/s1. The molecule has 0 aromatic heterocycles. The monoisotopic (exact) mass is 588 g/mol. The van der Waals surface area contributed by atoms with Gasteiger partial charge in [-0.25, -0.2) is 0 Å². The second-order valence-electron chi connectivity index (χ2n) is 11.8. The third-order valence-electron chi connectivity index (χ3n) is 8.90. The average Bonchev–Trinajstić information content (AvgIpc) is 2.90. The number of aliphatic hydroxyl groups excluding tert-OH is 2. The number of anilines is 1. The van der Waals surface area contributed by atoms with Crippen LogP contribution >= 0.6 is 0 Å². The summed E-state index contributed by atoms with van der Waals surface area (Å²) in [6.07, 6.45) is -0.543. The number of amides is 1. The number of methoxy groups -OCH3 is 1. The first-order valence-electron chi connectivity index (χ1n) is 13.9. The molecule has 13 nitrogen and oxygen atoms in total. The van der Waals surface area contributed by atoms with Crippen LogP contribution in [0.25, 0.3) is 5.76 Å². The molecule has 1 aromatic carbocycles. The molecule has 230 valence electrons. The smallest absolute Gasteiger partial charge is 0.305 e. The van der Waals surface area contributed by atoms with Crippen molar-refractivity contribution in [1.82, 2.24) is 10.2 Å². The summed E-state index contributed by atoms with van der Waals surface area (Å²) in [6, 6.07) is 0.836. The molecule has 42 heavy (non-hydrogen) atoms. The van der Waals surface area contributed by atoms with E-state index in [4.69, 9.17) is 5.73 Å². The number of nitrogens with zero attached hydrogens (tertiary/aromatic N) is 2. The number of ether oxygens (including phenoxy) is 1. The van der Waals surface area contributed by atoms with Crippen LogP contribution < -0.4 is 16.0 Å². The van der Waals surface area contributed by atoms with Crippen molar-refractivity contribution in [2.75, 3.05) is 46.7 Å². The van der Waals surface area contributed by atoms with E-state index in [0.29, 0.717) is 29.8 Å². The Balaban J connectivity index is 1.78. The van der Waals surface area contributed by atoms with Crippen LogP contribution in [0.15, 0.2) is 11.6 Å². The van der Waals surface area contributed by atoms with Crippen molar-refractivity contribution in [3.8, 4) is 5.75 Å². The molecule has 3 aliphatic rings. The minimum atomic E-state index is -2.70. The molecule has 0 radical (unpaired) electrons. The van der Waals surface area contributed by atoms with Gasteiger partial charge in [-0.2, -0.15) is 0 Å². The number of aliphatic hydroxyl groups is 3. The molecule has 0 saturated heterocycles. The molecule has 0 heterocycles. The summed E-state index contributed by atoms with van der Waals surface area (Å²) in [6.45, 7) is 0.640. The van der Waals surface area contributed by atoms with E-state index in [1.54, 1.807) is 25.1 Å². The van der Waals surface area contributed by atoms with E-state index >= 15 is 0 Å². The van der Waals surface area contributed by atoms with E-state index < -0.39 is 58.7 Å². The number of benzene rings is 1. The first-order chi connectivity index (χ1) is 19.7. The Bertz CT molecular complexity index is 1340. The van der Waals surface area contributed by atoms with Crippen molar-refractivity contribution in [3.63, 3.8) is 0 Å². The fourth-order valence-corrected chi connectivity index (χ4v) is 6.92. The zero-order valence-electron chi connectivity index (χ0n) is 24.5. The number of carbonyl (C=O) groups is 4. The van der Waals surface area contributed by atoms with Crippen LogP contribution in [0.5, 0.6) is 5.75 Å². The largest absolute Gasteiger partial charge is 0.507 e. The Morgan fingerprint density at radius 2 is 1.86 bits per heavy atom. The second kappa shape index (κ2) is 11.6. The summed E-state index contributed by atoms with van der Waals surface area (Å²) < 4.78 is 4.64. The van der Waals surface area contributed by atoms with Crippen molar-refractivity contribution in [2.45, 2.75) is 50.0 Å². The van der Waals surface area contributed by atoms with Gasteiger partial charge in [0.15, 0.2) is 11.4 Å². The Kier molecular flexibility index (Phi) is 8.70. The maximum Gasteiger partial charge on any atom is 0.305 e. The number of ketones is 2. The fourth-order valence-electron chi connectivity index (χ4n) is 6.92. The van der Waals surface area contributed by atoms with Gasteiger partial charge in [-0.1, -0.05) is 0 Å². The maximum atomic E-state index is 14.0. The molecule has 7 N–H and O–H groups in total. The maximum absolute atomic E-state index is 14.0. The Labute approximate surface area is 243 Å². The number of phenols is 1. The number of fused-ring (bicyclic) bond motifs is 3. The Hall–Kier alpha value is -3.52. The molecule has 6 atom stereocenters. The Morgan fingerprint density at radius 3 is 2.43 bits per heavy atom. The summed E-state index contributed by atoms with van der Waals surface area (Å²) in [5.41, 5.74) is 4.29. The summed E-state index contributed by atoms with van der Waals surface area (Å²) in [5, 5.41) is 48.8. The zero-order chi connectivity index (χ0) is 31.3. The predicted octanol–water partition coefficient (Wildman–Crippen LogP) is -0.762. The molecular formula is C29H40N4O9. The molecule has 13 heteroatoms. The van der Waals surface area contributed by atoms with Crippen molar-refractivity contribution in [3.05, 3.63) is 28.3 Å². The van der Waals surface area contributed by atoms with Gasteiger partial charge >= 0.3 is 5.97 Å². The molecule has 0 spiro atoms. The summed E-state index contributed by atoms with van der Waals surface area (Å²) >= 11 is 0. The van der Waals surface area contributed by atoms with Gasteiger partial charge in [-0.3, -0.25) is 19.2 Å². The molecule has 3 aliphatic carbocycles. The van der Waals surface area contributed by atoms with Crippen LogP contribution in [-0.2, 0) is 36.9 Å². The number of primary amides is 1. The normalized spacial score (nSPS) is 28.7. The van der Waals surface area contributed by atoms with Gasteiger partial charge < -0.3 is 46.0 Å². The quantitative estimate of drug-likeness (QED) is 0.120. The van der Waals surface area contributed by atoms with Crippen molar-refractivity contribution in [2.24, 2.45) is 23.5 Å². The number of carbonyl (C=O) groups excluding carboxylic acids is 4. The fraction of sp³-hybridized carbons (Fsp3) is 0.586. The average molecular weight is 589 g/mol. The minimum Gasteiger partial charge on any atom is -0.507 e. The van der Waals surface area contributed by atoms with Crippen molar-refractivity contribution in [1.29, 1.82) is 0 Å². The van der Waals surface area contributed by atoms with Crippen LogP contribution in [0.2, 0.25) is 0 Å². The Morgan fingerprint density at radius 1 is 1.19 bits per heavy atom. The molecule has 2 fully saturated rings. The van der Waals surface area contributed by atoms with Crippen LogP contribution in [-0.4, -0.2) is 108 Å². The summed E-state index contributed by atoms with van der Waals surface area (Å²) in [7, 11) is 8.15. The third kappa shape index (κ3) is 4.93. The van der Waals surface area contributed by atoms with E-state index in [9.17, 15) is 39.6 Å². The van der Waals surface area contributed by atoms with Gasteiger partial charge in [0.25, 0.3) is 0 Å². The number of esters is 1. The van der Waals surface area contributed by atoms with Gasteiger partial charge in [-0.05, 0) is 57.5 Å². The number of likely N-dealkylation sites (N-methyl/N-ethyl adjacent to an activating group) is 1. The lowest BCUT2D eigenvalue weighted by atomic mass is 9.54. The van der Waals surface area contributed by atoms with Crippen LogP contribution in [0.1, 0.15) is 36.0 Å². The number of rotatable bonds is 9. The van der Waals surface area contributed by atoms with Crippen LogP contribution in [0.4, 0.5) is 5.69 Å². The number of hydrogen-bond acceptors (Lipinski definition) is 12. The molecule has 1 aromatic rings. The number of Topliss-reactive ketones (excluding diaryl/α,β-unsaturated/α-hetero) is 2. The summed E-state index contributed by atoms with van der Waals surface area (Å²) in [4.78, 5) is 54.5. The highest BCUT2D eigenvalue weighted by molar-refractivity contribution is 6.25. The van der Waals surface area contributed by atoms with Crippen LogP contribution in [0, 0.1) is 17.8 Å². The molecule has 0 aliphatic heterocycles. The highest BCUT2D eigenvalue weighted by Crippen LogP contribution is 2.53. The van der Waals surface area contributed by atoms with E-state index in [1.165, 1.54) is 7.11 Å². The van der Waals surface area contributed by atoms with Gasteiger partial charge in [0, 0.05) is 55.8 Å². The third-order valence-corrected chi connectivity index (χ3v) is 8.90. The highest BCUT2D eigenvalue weighted by atomic mass is 16.5. The number of nitrogens with one attached hydrogen (secondary N) is 1. The van der Waals surface area contributed by atoms with Crippen molar-refractivity contribution >= 4 is 34.9 Å². The minimum absolute atomic E-state index is 0.0353. The molecule has 0 bridgehead atoms. The number of phenolic OH excluding ortho intramolecular Hbond substituents is 1.